The van der Waals surface area contributed by atoms with Gasteiger partial charge in [-0.05, 0) is 49.4 Å². The predicted molar refractivity (Wildman–Crippen MR) is 86.8 cm³/mol. The van der Waals surface area contributed by atoms with Gasteiger partial charge in [0.15, 0.2) is 0 Å². The van der Waals surface area contributed by atoms with Gasteiger partial charge in [-0.1, -0.05) is 46.7 Å². The van der Waals surface area contributed by atoms with Crippen LogP contribution in [0.5, 0.6) is 0 Å². The Morgan fingerprint density at radius 1 is 1.25 bits per heavy atom. The van der Waals surface area contributed by atoms with Gasteiger partial charge in [0.25, 0.3) is 0 Å². The summed E-state index contributed by atoms with van der Waals surface area (Å²) in [5.74, 6) is -0.169. The zero-order chi connectivity index (χ0) is 14.5. The lowest BCUT2D eigenvalue weighted by atomic mass is 10.1. The molecule has 2 aromatic carbocycles. The molecule has 0 spiro atoms. The molecular weight excluding hydrogens is 337 g/mol. The van der Waals surface area contributed by atoms with E-state index in [1.807, 2.05) is 50.2 Å². The summed E-state index contributed by atoms with van der Waals surface area (Å²) in [4.78, 5) is 1.67. The van der Waals surface area contributed by atoms with Gasteiger partial charge in [0, 0.05) is 20.3 Å². The third-order valence-electron chi connectivity index (χ3n) is 2.99. The van der Waals surface area contributed by atoms with Crippen molar-refractivity contribution in [2.24, 2.45) is 0 Å². The SMILES string of the molecule is CCNC(C)c1ccc(Sc2cccc(Br)c2)c(F)c1. The molecule has 0 aromatic heterocycles. The van der Waals surface area contributed by atoms with Crippen LogP contribution >= 0.6 is 27.7 Å². The molecule has 0 aliphatic rings. The average Bonchev–Trinajstić information content (AvgIpc) is 2.41. The maximum Gasteiger partial charge on any atom is 0.137 e. The lowest BCUT2D eigenvalue weighted by molar-refractivity contribution is 0.572. The van der Waals surface area contributed by atoms with Gasteiger partial charge in [-0.25, -0.2) is 4.39 Å². The van der Waals surface area contributed by atoms with Crippen molar-refractivity contribution < 1.29 is 4.39 Å². The first-order valence-electron chi connectivity index (χ1n) is 6.56. The maximum atomic E-state index is 14.2. The fourth-order valence-corrected chi connectivity index (χ4v) is 3.38. The van der Waals surface area contributed by atoms with Crippen LogP contribution in [0, 0.1) is 5.82 Å². The van der Waals surface area contributed by atoms with E-state index in [1.54, 1.807) is 6.07 Å². The smallest absolute Gasteiger partial charge is 0.137 e. The van der Waals surface area contributed by atoms with Crippen molar-refractivity contribution in [1.29, 1.82) is 0 Å². The highest BCUT2D eigenvalue weighted by Gasteiger charge is 2.09. The average molecular weight is 354 g/mol. The molecule has 0 heterocycles. The molecule has 0 aliphatic carbocycles. The van der Waals surface area contributed by atoms with Crippen LogP contribution in [0.4, 0.5) is 4.39 Å². The molecule has 106 valence electrons. The third-order valence-corrected chi connectivity index (χ3v) is 4.52. The summed E-state index contributed by atoms with van der Waals surface area (Å²) in [5, 5.41) is 3.29. The Labute approximate surface area is 132 Å². The molecule has 0 fully saturated rings. The van der Waals surface area contributed by atoms with Crippen molar-refractivity contribution in [2.75, 3.05) is 6.54 Å². The van der Waals surface area contributed by atoms with E-state index in [4.69, 9.17) is 0 Å². The van der Waals surface area contributed by atoms with Gasteiger partial charge >= 0.3 is 0 Å². The number of hydrogen-bond donors (Lipinski definition) is 1. The monoisotopic (exact) mass is 353 g/mol. The Bertz CT molecular complexity index is 588. The molecule has 0 saturated heterocycles. The third kappa shape index (κ3) is 4.08. The van der Waals surface area contributed by atoms with E-state index in [0.29, 0.717) is 4.90 Å². The minimum Gasteiger partial charge on any atom is -0.310 e. The Kier molecular flexibility index (Phi) is 5.64. The van der Waals surface area contributed by atoms with E-state index in [9.17, 15) is 4.39 Å². The number of benzene rings is 2. The standard InChI is InChI=1S/C16H17BrFNS/c1-3-19-11(2)12-7-8-16(15(18)9-12)20-14-6-4-5-13(17)10-14/h4-11,19H,3H2,1-2H3. The summed E-state index contributed by atoms with van der Waals surface area (Å²) in [6.45, 7) is 4.96. The molecular formula is C16H17BrFNS. The van der Waals surface area contributed by atoms with Crippen molar-refractivity contribution in [3.8, 4) is 0 Å². The van der Waals surface area contributed by atoms with Gasteiger partial charge in [-0.3, -0.25) is 0 Å². The lowest BCUT2D eigenvalue weighted by Crippen LogP contribution is -2.17. The Morgan fingerprint density at radius 2 is 2.05 bits per heavy atom. The molecule has 20 heavy (non-hydrogen) atoms. The number of nitrogens with one attached hydrogen (secondary N) is 1. The van der Waals surface area contributed by atoms with E-state index in [1.165, 1.54) is 11.8 Å². The van der Waals surface area contributed by atoms with Crippen molar-refractivity contribution >= 4 is 27.7 Å². The highest BCUT2D eigenvalue weighted by atomic mass is 79.9. The molecule has 1 atom stereocenters. The van der Waals surface area contributed by atoms with Crippen molar-refractivity contribution in [3.05, 3.63) is 58.3 Å². The van der Waals surface area contributed by atoms with Crippen LogP contribution in [0.15, 0.2) is 56.7 Å². The van der Waals surface area contributed by atoms with Crippen molar-refractivity contribution in [1.82, 2.24) is 5.32 Å². The van der Waals surface area contributed by atoms with Gasteiger partial charge in [0.2, 0.25) is 0 Å². The Hall–Kier alpha value is -0.840. The van der Waals surface area contributed by atoms with Crippen LogP contribution in [-0.2, 0) is 0 Å². The summed E-state index contributed by atoms with van der Waals surface area (Å²) in [5.41, 5.74) is 0.975. The molecule has 2 rings (SSSR count). The van der Waals surface area contributed by atoms with Gasteiger partial charge in [-0.15, -0.1) is 0 Å². The number of rotatable bonds is 5. The molecule has 1 nitrogen and oxygen atoms in total. The van der Waals surface area contributed by atoms with E-state index >= 15 is 0 Å². The molecule has 0 saturated carbocycles. The van der Waals surface area contributed by atoms with Crippen LogP contribution in [0.1, 0.15) is 25.5 Å². The number of halogens is 2. The summed E-state index contributed by atoms with van der Waals surface area (Å²) in [6.07, 6.45) is 0. The molecule has 0 radical (unpaired) electrons. The molecule has 2 aromatic rings. The first-order valence-corrected chi connectivity index (χ1v) is 8.17. The lowest BCUT2D eigenvalue weighted by Gasteiger charge is -2.13. The minimum absolute atomic E-state index is 0.166. The number of hydrogen-bond acceptors (Lipinski definition) is 2. The quantitative estimate of drug-likeness (QED) is 0.771. The van der Waals surface area contributed by atoms with E-state index in [0.717, 1.165) is 21.5 Å². The van der Waals surface area contributed by atoms with Gasteiger partial charge in [0.05, 0.1) is 0 Å². The van der Waals surface area contributed by atoms with Crippen LogP contribution in [0.3, 0.4) is 0 Å². The second-order valence-electron chi connectivity index (χ2n) is 4.53. The van der Waals surface area contributed by atoms with Crippen LogP contribution in [0.2, 0.25) is 0 Å². The van der Waals surface area contributed by atoms with E-state index in [-0.39, 0.29) is 11.9 Å². The summed E-state index contributed by atoms with van der Waals surface area (Å²) in [6, 6.07) is 13.5. The molecule has 0 bridgehead atoms. The minimum atomic E-state index is -0.169. The van der Waals surface area contributed by atoms with Crippen molar-refractivity contribution in [3.63, 3.8) is 0 Å². The highest BCUT2D eigenvalue weighted by molar-refractivity contribution is 9.10. The predicted octanol–water partition coefficient (Wildman–Crippen LogP) is 5.41. The normalized spacial score (nSPS) is 12.4. The molecule has 4 heteroatoms. The molecule has 0 amide bonds. The van der Waals surface area contributed by atoms with Crippen molar-refractivity contribution in [2.45, 2.75) is 29.7 Å². The van der Waals surface area contributed by atoms with Crippen LogP contribution < -0.4 is 5.32 Å². The zero-order valence-corrected chi connectivity index (χ0v) is 13.9. The zero-order valence-electron chi connectivity index (χ0n) is 11.5. The van der Waals surface area contributed by atoms with E-state index in [2.05, 4.69) is 21.2 Å². The van der Waals surface area contributed by atoms with E-state index < -0.39 is 0 Å². The summed E-state index contributed by atoms with van der Waals surface area (Å²) in [7, 11) is 0. The molecule has 0 aliphatic heterocycles. The first kappa shape index (κ1) is 15.5. The van der Waals surface area contributed by atoms with Crippen LogP contribution in [0.25, 0.3) is 0 Å². The fraction of sp³-hybridized carbons (Fsp3) is 0.250. The molecule has 1 unspecified atom stereocenters. The van der Waals surface area contributed by atoms with Gasteiger partial charge in [-0.2, -0.15) is 0 Å². The Morgan fingerprint density at radius 3 is 2.70 bits per heavy atom. The van der Waals surface area contributed by atoms with Gasteiger partial charge in [0.1, 0.15) is 5.82 Å². The maximum absolute atomic E-state index is 14.2. The van der Waals surface area contributed by atoms with Crippen LogP contribution in [-0.4, -0.2) is 6.54 Å². The van der Waals surface area contributed by atoms with Gasteiger partial charge < -0.3 is 5.32 Å². The second kappa shape index (κ2) is 7.25. The summed E-state index contributed by atoms with van der Waals surface area (Å²) >= 11 is 4.86. The molecule has 1 N–H and O–H groups in total. The topological polar surface area (TPSA) is 12.0 Å². The fourth-order valence-electron chi connectivity index (χ4n) is 1.95. The highest BCUT2D eigenvalue weighted by Crippen LogP contribution is 2.32. The largest absolute Gasteiger partial charge is 0.310 e. The Balaban J connectivity index is 2.17. The summed E-state index contributed by atoms with van der Waals surface area (Å²) < 4.78 is 15.2. The second-order valence-corrected chi connectivity index (χ2v) is 6.56. The first-order chi connectivity index (χ1) is 9.60.